The highest BCUT2D eigenvalue weighted by atomic mass is 16.6. The lowest BCUT2D eigenvalue weighted by Crippen LogP contribution is -2.39. The fourth-order valence-corrected chi connectivity index (χ4v) is 2.63. The molecule has 0 bridgehead atoms. The molecule has 2 heterocycles. The van der Waals surface area contributed by atoms with Gasteiger partial charge in [-0.1, -0.05) is 17.3 Å². The standard InChI is InChI=1S/C16H19N3O3/c1-19(9-15-17-16(22-18-15)11-6-7-11)8-12-10-20-13-4-2-3-5-14(13)21-12/h2-5,11-12H,6-10H2,1H3/t12-/m0/s1. The largest absolute Gasteiger partial charge is 0.486 e. The molecular weight excluding hydrogens is 282 g/mol. The minimum atomic E-state index is 0.00898. The van der Waals surface area contributed by atoms with Crippen LogP contribution in [0.4, 0.5) is 0 Å². The smallest absolute Gasteiger partial charge is 0.229 e. The zero-order chi connectivity index (χ0) is 14.9. The quantitative estimate of drug-likeness (QED) is 0.844. The molecule has 1 aromatic carbocycles. The first kappa shape index (κ1) is 13.6. The minimum Gasteiger partial charge on any atom is -0.486 e. The van der Waals surface area contributed by atoms with Gasteiger partial charge in [-0.05, 0) is 32.0 Å². The first-order valence-corrected chi connectivity index (χ1v) is 7.67. The molecule has 0 saturated heterocycles. The Morgan fingerprint density at radius 3 is 2.86 bits per heavy atom. The lowest BCUT2D eigenvalue weighted by atomic mass is 10.2. The van der Waals surface area contributed by atoms with Crippen molar-refractivity contribution in [2.24, 2.45) is 0 Å². The van der Waals surface area contributed by atoms with Gasteiger partial charge in [0.1, 0.15) is 12.7 Å². The average Bonchev–Trinajstić information content (AvgIpc) is 3.28. The van der Waals surface area contributed by atoms with Crippen molar-refractivity contribution in [3.63, 3.8) is 0 Å². The molecule has 1 saturated carbocycles. The Balaban J connectivity index is 1.33. The summed E-state index contributed by atoms with van der Waals surface area (Å²) in [6.07, 6.45) is 2.35. The van der Waals surface area contributed by atoms with E-state index < -0.39 is 0 Å². The Kier molecular flexibility index (Phi) is 3.46. The molecule has 1 aliphatic carbocycles. The molecule has 22 heavy (non-hydrogen) atoms. The van der Waals surface area contributed by atoms with E-state index in [1.165, 1.54) is 12.8 Å². The summed E-state index contributed by atoms with van der Waals surface area (Å²) in [6, 6.07) is 7.76. The summed E-state index contributed by atoms with van der Waals surface area (Å²) in [4.78, 5) is 6.58. The Morgan fingerprint density at radius 1 is 1.23 bits per heavy atom. The molecule has 1 aliphatic heterocycles. The van der Waals surface area contributed by atoms with Gasteiger partial charge in [0.2, 0.25) is 5.89 Å². The van der Waals surface area contributed by atoms with Gasteiger partial charge in [0.05, 0.1) is 6.54 Å². The van der Waals surface area contributed by atoms with E-state index in [-0.39, 0.29) is 6.10 Å². The molecule has 6 heteroatoms. The second-order valence-corrected chi connectivity index (χ2v) is 6.02. The molecule has 0 amide bonds. The van der Waals surface area contributed by atoms with E-state index in [2.05, 4.69) is 15.0 Å². The molecule has 0 N–H and O–H groups in total. The molecule has 0 spiro atoms. The van der Waals surface area contributed by atoms with Crippen molar-refractivity contribution >= 4 is 0 Å². The van der Waals surface area contributed by atoms with Gasteiger partial charge < -0.3 is 14.0 Å². The summed E-state index contributed by atoms with van der Waals surface area (Å²) < 4.78 is 17.0. The average molecular weight is 301 g/mol. The first-order chi connectivity index (χ1) is 10.8. The summed E-state index contributed by atoms with van der Waals surface area (Å²) in [7, 11) is 2.02. The number of hydrogen-bond acceptors (Lipinski definition) is 6. The lowest BCUT2D eigenvalue weighted by molar-refractivity contribution is 0.0630. The molecular formula is C16H19N3O3. The maximum absolute atomic E-state index is 5.96. The molecule has 4 rings (SSSR count). The zero-order valence-electron chi connectivity index (χ0n) is 12.6. The second kappa shape index (κ2) is 5.61. The lowest BCUT2D eigenvalue weighted by Gasteiger charge is -2.29. The van der Waals surface area contributed by atoms with Crippen LogP contribution in [0.25, 0.3) is 0 Å². The predicted octanol–water partition coefficient (Wildman–Crippen LogP) is 2.22. The van der Waals surface area contributed by atoms with Gasteiger partial charge >= 0.3 is 0 Å². The molecule has 6 nitrogen and oxygen atoms in total. The summed E-state index contributed by atoms with van der Waals surface area (Å²) >= 11 is 0. The van der Waals surface area contributed by atoms with Crippen LogP contribution in [0.2, 0.25) is 0 Å². The highest BCUT2D eigenvalue weighted by Crippen LogP contribution is 2.38. The van der Waals surface area contributed by atoms with Crippen molar-refractivity contribution in [3.05, 3.63) is 36.0 Å². The second-order valence-electron chi connectivity index (χ2n) is 6.02. The number of rotatable bonds is 5. The number of benzene rings is 1. The first-order valence-electron chi connectivity index (χ1n) is 7.67. The third-order valence-electron chi connectivity index (χ3n) is 3.90. The van der Waals surface area contributed by atoms with E-state index in [1.54, 1.807) is 0 Å². The van der Waals surface area contributed by atoms with E-state index in [9.17, 15) is 0 Å². The molecule has 0 unspecified atom stereocenters. The number of ether oxygens (including phenoxy) is 2. The van der Waals surface area contributed by atoms with E-state index in [0.717, 1.165) is 29.8 Å². The van der Waals surface area contributed by atoms with E-state index in [1.807, 2.05) is 31.3 Å². The fourth-order valence-electron chi connectivity index (χ4n) is 2.63. The summed E-state index contributed by atoms with van der Waals surface area (Å²) in [5, 5.41) is 4.05. The monoisotopic (exact) mass is 301 g/mol. The van der Waals surface area contributed by atoms with Gasteiger partial charge in [-0.3, -0.25) is 4.90 Å². The van der Waals surface area contributed by atoms with Crippen molar-refractivity contribution in [2.75, 3.05) is 20.2 Å². The molecule has 1 atom stereocenters. The van der Waals surface area contributed by atoms with Crippen LogP contribution in [0.3, 0.4) is 0 Å². The number of para-hydroxylation sites is 2. The zero-order valence-corrected chi connectivity index (χ0v) is 12.6. The SMILES string of the molecule is CN(Cc1noc(C2CC2)n1)C[C@H]1COc2ccccc2O1. The third kappa shape index (κ3) is 2.92. The van der Waals surface area contributed by atoms with Crippen LogP contribution < -0.4 is 9.47 Å². The summed E-state index contributed by atoms with van der Waals surface area (Å²) in [5.41, 5.74) is 0. The normalized spacial score (nSPS) is 20.4. The fraction of sp³-hybridized carbons (Fsp3) is 0.500. The molecule has 2 aromatic rings. The van der Waals surface area contributed by atoms with Crippen LogP contribution in [-0.2, 0) is 6.54 Å². The van der Waals surface area contributed by atoms with Crippen LogP contribution in [0.5, 0.6) is 11.5 Å². The number of aromatic nitrogens is 2. The van der Waals surface area contributed by atoms with Gasteiger partial charge in [-0.2, -0.15) is 4.98 Å². The van der Waals surface area contributed by atoms with Gasteiger partial charge in [-0.25, -0.2) is 0 Å². The van der Waals surface area contributed by atoms with Crippen molar-refractivity contribution in [1.29, 1.82) is 0 Å². The Hall–Kier alpha value is -2.08. The molecule has 116 valence electrons. The summed E-state index contributed by atoms with van der Waals surface area (Å²) in [6.45, 7) is 1.96. The maximum Gasteiger partial charge on any atom is 0.229 e. The van der Waals surface area contributed by atoms with Crippen LogP contribution in [0, 0.1) is 0 Å². The van der Waals surface area contributed by atoms with Crippen LogP contribution >= 0.6 is 0 Å². The highest BCUT2D eigenvalue weighted by Gasteiger charge is 2.30. The van der Waals surface area contributed by atoms with Gasteiger partial charge in [0.15, 0.2) is 17.3 Å². The number of hydrogen-bond donors (Lipinski definition) is 0. The van der Waals surface area contributed by atoms with Crippen molar-refractivity contribution in [1.82, 2.24) is 15.0 Å². The summed E-state index contributed by atoms with van der Waals surface area (Å²) in [5.74, 6) is 3.64. The Morgan fingerprint density at radius 2 is 2.05 bits per heavy atom. The van der Waals surface area contributed by atoms with Crippen molar-refractivity contribution in [2.45, 2.75) is 31.4 Å². The molecule has 0 radical (unpaired) electrons. The van der Waals surface area contributed by atoms with Gasteiger partial charge in [0, 0.05) is 12.5 Å². The van der Waals surface area contributed by atoms with Crippen LogP contribution in [0.1, 0.15) is 30.5 Å². The van der Waals surface area contributed by atoms with Crippen molar-refractivity contribution < 1.29 is 14.0 Å². The molecule has 1 fully saturated rings. The third-order valence-corrected chi connectivity index (χ3v) is 3.90. The predicted molar refractivity (Wildman–Crippen MR) is 79.0 cm³/mol. The Bertz CT molecular complexity index is 654. The minimum absolute atomic E-state index is 0.00898. The van der Waals surface area contributed by atoms with Gasteiger partial charge in [0.25, 0.3) is 0 Å². The van der Waals surface area contributed by atoms with E-state index in [4.69, 9.17) is 14.0 Å². The molecule has 1 aromatic heterocycles. The maximum atomic E-state index is 5.96. The van der Waals surface area contributed by atoms with Crippen LogP contribution in [-0.4, -0.2) is 41.3 Å². The number of nitrogens with zero attached hydrogens (tertiary/aromatic N) is 3. The van der Waals surface area contributed by atoms with Crippen molar-refractivity contribution in [3.8, 4) is 11.5 Å². The number of fused-ring (bicyclic) bond motifs is 1. The topological polar surface area (TPSA) is 60.6 Å². The van der Waals surface area contributed by atoms with Crippen LogP contribution in [0.15, 0.2) is 28.8 Å². The Labute approximate surface area is 129 Å². The molecule has 2 aliphatic rings. The van der Waals surface area contributed by atoms with E-state index >= 15 is 0 Å². The van der Waals surface area contributed by atoms with E-state index in [0.29, 0.717) is 19.1 Å². The highest BCUT2D eigenvalue weighted by molar-refractivity contribution is 5.40. The van der Waals surface area contributed by atoms with Gasteiger partial charge in [-0.15, -0.1) is 0 Å². The number of likely N-dealkylation sites (N-methyl/N-ethyl adjacent to an activating group) is 1.